The number of amidine groups is 2. The molecule has 1 aromatic heterocycles. The van der Waals surface area contributed by atoms with E-state index < -0.39 is 11.9 Å². The van der Waals surface area contributed by atoms with Crippen molar-refractivity contribution >= 4 is 45.8 Å². The fourth-order valence-corrected chi connectivity index (χ4v) is 4.45. The molecule has 5 rings (SSSR count). The molecule has 36 heavy (non-hydrogen) atoms. The number of para-hydroxylation sites is 1. The van der Waals surface area contributed by atoms with Crippen molar-refractivity contribution in [2.75, 3.05) is 13.7 Å². The molecule has 0 radical (unpaired) electrons. The minimum Gasteiger partial charge on any atom is -0.486 e. The van der Waals surface area contributed by atoms with E-state index in [-0.39, 0.29) is 18.0 Å². The van der Waals surface area contributed by atoms with Gasteiger partial charge in [-0.15, -0.1) is 0 Å². The standard InChI is InChI=1S/C26H20N4O5S/c1-15-7-3-6-10-20(15)34-14-22-29-30-23(27)19(24(31)28-26(30)36-22)13-16-11-12-21(35-16)17-8-4-5-9-18(17)25(32)33-2/h3-13,27H,14H2,1-2H3. The number of benzene rings is 2. The second kappa shape index (κ2) is 9.67. The highest BCUT2D eigenvalue weighted by Crippen LogP contribution is 2.31. The van der Waals surface area contributed by atoms with Crippen molar-refractivity contribution in [2.45, 2.75) is 6.92 Å². The van der Waals surface area contributed by atoms with Gasteiger partial charge in [0.2, 0.25) is 5.17 Å². The fourth-order valence-electron chi connectivity index (χ4n) is 3.65. The van der Waals surface area contributed by atoms with Crippen LogP contribution in [0.4, 0.5) is 0 Å². The molecule has 2 aliphatic heterocycles. The number of aliphatic imine (C=N–C) groups is 1. The Bertz CT molecular complexity index is 1490. The van der Waals surface area contributed by atoms with Crippen LogP contribution in [0.2, 0.25) is 0 Å². The van der Waals surface area contributed by atoms with Crippen LogP contribution in [0.1, 0.15) is 21.7 Å². The van der Waals surface area contributed by atoms with Crippen molar-refractivity contribution in [2.24, 2.45) is 10.1 Å². The number of rotatable bonds is 6. The number of esters is 1. The fraction of sp³-hybridized carbons (Fsp3) is 0.115. The largest absolute Gasteiger partial charge is 0.486 e. The number of ether oxygens (including phenoxy) is 2. The highest BCUT2D eigenvalue weighted by Gasteiger charge is 2.36. The number of fused-ring (bicyclic) bond motifs is 1. The van der Waals surface area contributed by atoms with E-state index in [1.807, 2.05) is 31.2 Å². The molecule has 1 amide bonds. The van der Waals surface area contributed by atoms with Crippen LogP contribution in [0.25, 0.3) is 17.4 Å². The van der Waals surface area contributed by atoms with Crippen molar-refractivity contribution in [1.82, 2.24) is 5.01 Å². The molecule has 0 saturated carbocycles. The minimum atomic E-state index is -0.567. The van der Waals surface area contributed by atoms with E-state index in [1.54, 1.807) is 36.4 Å². The lowest BCUT2D eigenvalue weighted by Gasteiger charge is -2.19. The first-order valence-corrected chi connectivity index (χ1v) is 11.7. The number of thioether (sulfide) groups is 1. The number of hydrazone groups is 1. The van der Waals surface area contributed by atoms with Gasteiger partial charge in [-0.3, -0.25) is 10.2 Å². The number of nitrogens with zero attached hydrogens (tertiary/aromatic N) is 3. The Morgan fingerprint density at radius 2 is 1.92 bits per heavy atom. The smallest absolute Gasteiger partial charge is 0.338 e. The van der Waals surface area contributed by atoms with E-state index in [9.17, 15) is 9.59 Å². The predicted molar refractivity (Wildman–Crippen MR) is 137 cm³/mol. The Hall–Kier alpha value is -4.44. The number of carbonyl (C=O) groups excluding carboxylic acids is 2. The van der Waals surface area contributed by atoms with Crippen LogP contribution in [0.5, 0.6) is 5.75 Å². The molecule has 0 unspecified atom stereocenters. The highest BCUT2D eigenvalue weighted by molar-refractivity contribution is 8.27. The molecule has 9 nitrogen and oxygen atoms in total. The zero-order valence-electron chi connectivity index (χ0n) is 19.3. The molecule has 0 bridgehead atoms. The number of hydrogen-bond donors (Lipinski definition) is 1. The summed E-state index contributed by atoms with van der Waals surface area (Å²) in [5.74, 6) is 0.322. The molecule has 0 spiro atoms. The summed E-state index contributed by atoms with van der Waals surface area (Å²) < 4.78 is 16.6. The van der Waals surface area contributed by atoms with Crippen molar-refractivity contribution < 1.29 is 23.5 Å². The van der Waals surface area contributed by atoms with Gasteiger partial charge in [-0.05, 0) is 54.6 Å². The number of methoxy groups -OCH3 is 1. The van der Waals surface area contributed by atoms with Crippen LogP contribution < -0.4 is 4.74 Å². The molecular formula is C26H20N4O5S. The normalized spacial score (nSPS) is 16.1. The maximum atomic E-state index is 12.7. The Morgan fingerprint density at radius 1 is 1.14 bits per heavy atom. The monoisotopic (exact) mass is 500 g/mol. The molecule has 2 aromatic carbocycles. The van der Waals surface area contributed by atoms with Gasteiger partial charge in [0.05, 0.1) is 18.2 Å². The van der Waals surface area contributed by atoms with Crippen molar-refractivity contribution in [1.29, 1.82) is 5.41 Å². The summed E-state index contributed by atoms with van der Waals surface area (Å²) in [4.78, 5) is 28.9. The van der Waals surface area contributed by atoms with Crippen molar-refractivity contribution in [3.05, 3.63) is 83.1 Å². The van der Waals surface area contributed by atoms with E-state index >= 15 is 0 Å². The predicted octanol–water partition coefficient (Wildman–Crippen LogP) is 4.74. The van der Waals surface area contributed by atoms with Gasteiger partial charge in [0.15, 0.2) is 5.84 Å². The molecule has 10 heteroatoms. The summed E-state index contributed by atoms with van der Waals surface area (Å²) in [6, 6.07) is 17.9. The van der Waals surface area contributed by atoms with E-state index in [0.29, 0.717) is 32.9 Å². The number of carbonyl (C=O) groups is 2. The van der Waals surface area contributed by atoms with Crippen LogP contribution in [0.3, 0.4) is 0 Å². The quantitative estimate of drug-likeness (QED) is 0.384. The van der Waals surface area contributed by atoms with Gasteiger partial charge in [-0.25, -0.2) is 4.79 Å². The summed E-state index contributed by atoms with van der Waals surface area (Å²) in [5, 5.41) is 15.2. The van der Waals surface area contributed by atoms with Gasteiger partial charge in [-0.2, -0.15) is 15.1 Å². The summed E-state index contributed by atoms with van der Waals surface area (Å²) in [7, 11) is 1.31. The summed E-state index contributed by atoms with van der Waals surface area (Å²) in [6.07, 6.45) is 1.44. The molecule has 0 saturated heterocycles. The lowest BCUT2D eigenvalue weighted by Crippen LogP contribution is -2.35. The van der Waals surface area contributed by atoms with Gasteiger partial charge < -0.3 is 13.9 Å². The van der Waals surface area contributed by atoms with Crippen LogP contribution in [-0.2, 0) is 9.53 Å². The minimum absolute atomic E-state index is 0.0336. The van der Waals surface area contributed by atoms with E-state index in [4.69, 9.17) is 19.3 Å². The zero-order valence-corrected chi connectivity index (χ0v) is 20.2. The van der Waals surface area contributed by atoms with Crippen LogP contribution in [0, 0.1) is 12.3 Å². The summed E-state index contributed by atoms with van der Waals surface area (Å²) in [6.45, 7) is 2.14. The van der Waals surface area contributed by atoms with Gasteiger partial charge in [0.25, 0.3) is 5.91 Å². The number of furan rings is 1. The number of hydrogen-bond acceptors (Lipinski definition) is 8. The zero-order chi connectivity index (χ0) is 25.2. The second-order valence-electron chi connectivity index (χ2n) is 7.81. The number of nitrogens with one attached hydrogen (secondary N) is 1. The maximum absolute atomic E-state index is 12.7. The molecule has 2 aliphatic rings. The third-order valence-corrected chi connectivity index (χ3v) is 6.33. The Balaban J connectivity index is 1.36. The number of aryl methyl sites for hydroxylation is 1. The molecule has 1 N–H and O–H groups in total. The first-order chi connectivity index (χ1) is 17.4. The number of amides is 1. The van der Waals surface area contributed by atoms with Gasteiger partial charge in [-0.1, -0.05) is 36.4 Å². The van der Waals surface area contributed by atoms with Crippen LogP contribution in [-0.4, -0.2) is 46.6 Å². The van der Waals surface area contributed by atoms with Crippen molar-refractivity contribution in [3.8, 4) is 17.1 Å². The Kier molecular flexibility index (Phi) is 6.26. The summed E-state index contributed by atoms with van der Waals surface area (Å²) >= 11 is 1.19. The topological polar surface area (TPSA) is 118 Å². The van der Waals surface area contributed by atoms with E-state index in [1.165, 1.54) is 30.0 Å². The van der Waals surface area contributed by atoms with Crippen LogP contribution in [0.15, 0.2) is 80.7 Å². The molecule has 0 aliphatic carbocycles. The van der Waals surface area contributed by atoms with Gasteiger partial charge in [0.1, 0.15) is 28.9 Å². The Labute approximate surface area is 210 Å². The van der Waals surface area contributed by atoms with Crippen LogP contribution >= 0.6 is 11.8 Å². The van der Waals surface area contributed by atoms with E-state index in [2.05, 4.69) is 10.1 Å². The van der Waals surface area contributed by atoms with E-state index in [0.717, 1.165) is 11.3 Å². The second-order valence-corrected chi connectivity index (χ2v) is 8.85. The van der Waals surface area contributed by atoms with Gasteiger partial charge >= 0.3 is 5.97 Å². The molecule has 3 aromatic rings. The molecule has 0 atom stereocenters. The lowest BCUT2D eigenvalue weighted by molar-refractivity contribution is -0.114. The SMILES string of the molecule is COC(=O)c1ccccc1-c1ccc(C=C2C(=N)N3N=C(COc4ccccc4C)SC3=NC2=O)o1. The van der Waals surface area contributed by atoms with Crippen molar-refractivity contribution in [3.63, 3.8) is 0 Å². The molecular weight excluding hydrogens is 480 g/mol. The Morgan fingerprint density at radius 3 is 2.72 bits per heavy atom. The third kappa shape index (κ3) is 4.46. The first kappa shape index (κ1) is 23.3. The summed E-state index contributed by atoms with van der Waals surface area (Å²) in [5.41, 5.74) is 1.94. The molecule has 0 fully saturated rings. The molecule has 180 valence electrons. The average Bonchev–Trinajstić information content (AvgIpc) is 3.52. The third-order valence-electron chi connectivity index (χ3n) is 5.45. The average molecular weight is 501 g/mol. The van der Waals surface area contributed by atoms with Gasteiger partial charge in [0, 0.05) is 5.56 Å². The lowest BCUT2D eigenvalue weighted by atomic mass is 10.1. The first-order valence-electron chi connectivity index (χ1n) is 10.9. The molecule has 3 heterocycles. The highest BCUT2D eigenvalue weighted by atomic mass is 32.2. The maximum Gasteiger partial charge on any atom is 0.338 e.